The molecule has 2 heterocycles. The predicted octanol–water partition coefficient (Wildman–Crippen LogP) is 4.11. The molecule has 2 aliphatic rings. The Labute approximate surface area is 126 Å². The molecule has 1 aromatic carbocycles. The molecule has 0 amide bonds. The zero-order chi connectivity index (χ0) is 15.5. The minimum atomic E-state index is -0.468. The Balaban J connectivity index is 2.30. The first-order valence-corrected chi connectivity index (χ1v) is 7.52. The summed E-state index contributed by atoms with van der Waals surface area (Å²) in [4.78, 5) is 2.23. The fourth-order valence-corrected chi connectivity index (χ4v) is 3.75. The van der Waals surface area contributed by atoms with Crippen molar-refractivity contribution in [1.29, 1.82) is 5.26 Å². The van der Waals surface area contributed by atoms with Crippen LogP contribution in [0.1, 0.15) is 46.6 Å². The topological polar surface area (TPSA) is 36.3 Å². The number of fused-ring (bicyclic) bond motifs is 3. The van der Waals surface area contributed by atoms with E-state index < -0.39 is 11.3 Å². The SMILES string of the molecule is CCC1(C)OC2(C)N(/C1=C\C#N)c1ccccc1C2(C)C. The number of para-hydroxylation sites is 1. The van der Waals surface area contributed by atoms with Crippen LogP contribution in [-0.4, -0.2) is 11.3 Å². The third kappa shape index (κ3) is 1.51. The van der Waals surface area contributed by atoms with E-state index >= 15 is 0 Å². The number of nitriles is 1. The van der Waals surface area contributed by atoms with Gasteiger partial charge in [0.25, 0.3) is 0 Å². The lowest BCUT2D eigenvalue weighted by Crippen LogP contribution is -2.50. The third-order valence-electron chi connectivity index (χ3n) is 5.49. The summed E-state index contributed by atoms with van der Waals surface area (Å²) < 4.78 is 6.58. The minimum absolute atomic E-state index is 0.148. The molecule has 1 fully saturated rings. The summed E-state index contributed by atoms with van der Waals surface area (Å²) >= 11 is 0. The molecule has 21 heavy (non-hydrogen) atoms. The molecular weight excluding hydrogens is 260 g/mol. The molecule has 2 atom stereocenters. The van der Waals surface area contributed by atoms with Crippen LogP contribution in [0.4, 0.5) is 5.69 Å². The number of ether oxygens (including phenoxy) is 1. The van der Waals surface area contributed by atoms with Crippen molar-refractivity contribution in [2.75, 3.05) is 4.90 Å². The van der Waals surface area contributed by atoms with E-state index in [0.29, 0.717) is 0 Å². The van der Waals surface area contributed by atoms with Crippen LogP contribution < -0.4 is 4.90 Å². The maximum absolute atomic E-state index is 9.23. The van der Waals surface area contributed by atoms with Crippen LogP contribution in [0.2, 0.25) is 0 Å². The van der Waals surface area contributed by atoms with Gasteiger partial charge in [0.2, 0.25) is 0 Å². The Morgan fingerprint density at radius 2 is 1.90 bits per heavy atom. The summed E-state index contributed by atoms with van der Waals surface area (Å²) in [5, 5.41) is 9.23. The Kier molecular flexibility index (Phi) is 2.77. The van der Waals surface area contributed by atoms with Gasteiger partial charge in [-0.15, -0.1) is 0 Å². The van der Waals surface area contributed by atoms with E-state index in [1.807, 2.05) is 6.07 Å². The van der Waals surface area contributed by atoms with Gasteiger partial charge in [-0.3, -0.25) is 0 Å². The highest BCUT2D eigenvalue weighted by molar-refractivity contribution is 5.72. The summed E-state index contributed by atoms with van der Waals surface area (Å²) in [5.41, 5.74) is 2.36. The number of rotatable bonds is 1. The second kappa shape index (κ2) is 4.11. The van der Waals surface area contributed by atoms with E-state index in [2.05, 4.69) is 63.8 Å². The van der Waals surface area contributed by atoms with Crippen molar-refractivity contribution in [3.05, 3.63) is 41.6 Å². The average molecular weight is 282 g/mol. The van der Waals surface area contributed by atoms with Gasteiger partial charge in [0.05, 0.1) is 11.8 Å². The molecule has 0 N–H and O–H groups in total. The molecule has 3 nitrogen and oxygen atoms in total. The molecule has 0 spiro atoms. The van der Waals surface area contributed by atoms with Gasteiger partial charge in [0, 0.05) is 17.2 Å². The molecule has 0 saturated carbocycles. The molecule has 1 aromatic rings. The first-order chi connectivity index (χ1) is 9.82. The van der Waals surface area contributed by atoms with Crippen LogP contribution in [0.5, 0.6) is 0 Å². The number of hydrogen-bond donors (Lipinski definition) is 0. The number of hydrogen-bond acceptors (Lipinski definition) is 3. The minimum Gasteiger partial charge on any atom is -0.342 e. The van der Waals surface area contributed by atoms with Gasteiger partial charge in [-0.25, -0.2) is 0 Å². The van der Waals surface area contributed by atoms with Gasteiger partial charge in [-0.2, -0.15) is 5.26 Å². The molecule has 2 unspecified atom stereocenters. The number of allylic oxidation sites excluding steroid dienone is 1. The summed E-state index contributed by atoms with van der Waals surface area (Å²) in [6.45, 7) is 10.8. The van der Waals surface area contributed by atoms with Crippen molar-refractivity contribution in [3.63, 3.8) is 0 Å². The Hall–Kier alpha value is -1.79. The highest BCUT2D eigenvalue weighted by atomic mass is 16.6. The first-order valence-electron chi connectivity index (χ1n) is 7.52. The second-order valence-corrected chi connectivity index (χ2v) is 6.81. The van der Waals surface area contributed by atoms with Crippen LogP contribution in [0.25, 0.3) is 0 Å². The summed E-state index contributed by atoms with van der Waals surface area (Å²) in [6.07, 6.45) is 2.48. The van der Waals surface area contributed by atoms with Gasteiger partial charge in [0.15, 0.2) is 5.72 Å². The quantitative estimate of drug-likeness (QED) is 0.727. The van der Waals surface area contributed by atoms with E-state index in [9.17, 15) is 5.26 Å². The summed E-state index contributed by atoms with van der Waals surface area (Å²) in [6, 6.07) is 10.6. The van der Waals surface area contributed by atoms with E-state index in [-0.39, 0.29) is 5.41 Å². The third-order valence-corrected chi connectivity index (χ3v) is 5.49. The number of nitrogens with zero attached hydrogens (tertiary/aromatic N) is 2. The highest BCUT2D eigenvalue weighted by Crippen LogP contribution is 2.60. The Morgan fingerprint density at radius 3 is 2.52 bits per heavy atom. The van der Waals surface area contributed by atoms with Gasteiger partial charge >= 0.3 is 0 Å². The van der Waals surface area contributed by atoms with Gasteiger partial charge < -0.3 is 9.64 Å². The largest absolute Gasteiger partial charge is 0.342 e. The van der Waals surface area contributed by atoms with E-state index in [0.717, 1.165) is 17.8 Å². The number of benzene rings is 1. The first kappa shape index (κ1) is 14.2. The van der Waals surface area contributed by atoms with Gasteiger partial charge in [-0.05, 0) is 31.9 Å². The van der Waals surface area contributed by atoms with Crippen LogP contribution in [0, 0.1) is 11.3 Å². The lowest BCUT2D eigenvalue weighted by molar-refractivity contribution is -0.108. The van der Waals surface area contributed by atoms with Crippen molar-refractivity contribution >= 4 is 5.69 Å². The molecule has 0 aromatic heterocycles. The molecular formula is C18H22N2O. The van der Waals surface area contributed by atoms with E-state index in [1.54, 1.807) is 6.08 Å². The van der Waals surface area contributed by atoms with Gasteiger partial charge in [-0.1, -0.05) is 39.0 Å². The second-order valence-electron chi connectivity index (χ2n) is 6.81. The molecule has 0 bridgehead atoms. The van der Waals surface area contributed by atoms with Gasteiger partial charge in [0.1, 0.15) is 5.60 Å². The molecule has 1 saturated heterocycles. The normalized spacial score (nSPS) is 34.7. The van der Waals surface area contributed by atoms with E-state index in [4.69, 9.17) is 4.74 Å². The summed E-state index contributed by atoms with van der Waals surface area (Å²) in [5.74, 6) is 0. The number of anilines is 1. The lowest BCUT2D eigenvalue weighted by Gasteiger charge is -2.39. The molecule has 2 aliphatic heterocycles. The predicted molar refractivity (Wildman–Crippen MR) is 83.8 cm³/mol. The van der Waals surface area contributed by atoms with Crippen LogP contribution in [-0.2, 0) is 10.2 Å². The molecule has 110 valence electrons. The standard InChI is InChI=1S/C18H22N2O/c1-6-17(4)15(11-12-19)20-14-10-8-7-9-13(14)16(2,3)18(20,5)21-17/h7-11H,6H2,1-5H3/b15-11-. The van der Waals surface area contributed by atoms with Crippen molar-refractivity contribution in [1.82, 2.24) is 0 Å². The average Bonchev–Trinajstić information content (AvgIpc) is 2.78. The Morgan fingerprint density at radius 1 is 1.24 bits per heavy atom. The Bertz CT molecular complexity index is 670. The monoisotopic (exact) mass is 282 g/mol. The van der Waals surface area contributed by atoms with Crippen molar-refractivity contribution < 1.29 is 4.74 Å². The summed E-state index contributed by atoms with van der Waals surface area (Å²) in [7, 11) is 0. The maximum Gasteiger partial charge on any atom is 0.152 e. The maximum atomic E-state index is 9.23. The molecule has 0 radical (unpaired) electrons. The zero-order valence-corrected chi connectivity index (χ0v) is 13.4. The fraction of sp³-hybridized carbons (Fsp3) is 0.500. The molecule has 0 aliphatic carbocycles. The van der Waals surface area contributed by atoms with Crippen molar-refractivity contribution in [3.8, 4) is 6.07 Å². The highest BCUT2D eigenvalue weighted by Gasteiger charge is 2.64. The van der Waals surface area contributed by atoms with E-state index in [1.165, 1.54) is 5.56 Å². The molecule has 3 rings (SSSR count). The molecule has 3 heteroatoms. The fourth-order valence-electron chi connectivity index (χ4n) is 3.75. The van der Waals surface area contributed by atoms with Crippen molar-refractivity contribution in [2.45, 2.75) is 57.8 Å². The van der Waals surface area contributed by atoms with Crippen LogP contribution >= 0.6 is 0 Å². The van der Waals surface area contributed by atoms with Crippen LogP contribution in [0.3, 0.4) is 0 Å². The zero-order valence-electron chi connectivity index (χ0n) is 13.4. The smallest absolute Gasteiger partial charge is 0.152 e. The lowest BCUT2D eigenvalue weighted by atomic mass is 9.78. The van der Waals surface area contributed by atoms with Crippen molar-refractivity contribution in [2.24, 2.45) is 0 Å². The van der Waals surface area contributed by atoms with Crippen LogP contribution in [0.15, 0.2) is 36.0 Å².